The lowest BCUT2D eigenvalue weighted by atomic mass is 10.3. The number of carboxylic acid groups (broad SMARTS) is 1. The number of nitrogens with one attached hydrogen (secondary N) is 1. The van der Waals surface area contributed by atoms with E-state index < -0.39 is 22.0 Å². The van der Waals surface area contributed by atoms with Gasteiger partial charge in [0.15, 0.2) is 0 Å². The van der Waals surface area contributed by atoms with Gasteiger partial charge in [-0.2, -0.15) is 0 Å². The summed E-state index contributed by atoms with van der Waals surface area (Å²) in [7, 11) is -3.89. The summed E-state index contributed by atoms with van der Waals surface area (Å²) in [5, 5.41) is 10.4. The average molecular weight is 352 g/mol. The van der Waals surface area contributed by atoms with Crippen LogP contribution in [0.2, 0.25) is 4.34 Å². The Labute approximate surface area is 128 Å². The normalized spacial score (nSPS) is 13.3. The smallest absolute Gasteiger partial charge is 0.347 e. The Morgan fingerprint density at radius 1 is 1.40 bits per heavy atom. The van der Waals surface area contributed by atoms with Crippen LogP contribution in [0.3, 0.4) is 0 Å². The Balaban J connectivity index is 2.27. The Kier molecular flexibility index (Phi) is 4.50. The zero-order valence-corrected chi connectivity index (χ0v) is 13.4. The second kappa shape index (κ2) is 5.82. The van der Waals surface area contributed by atoms with Gasteiger partial charge >= 0.3 is 5.97 Å². The molecule has 0 saturated heterocycles. The van der Waals surface area contributed by atoms with E-state index in [9.17, 15) is 13.2 Å². The van der Waals surface area contributed by atoms with E-state index >= 15 is 0 Å². The fourth-order valence-corrected chi connectivity index (χ4v) is 5.20. The highest BCUT2D eigenvalue weighted by atomic mass is 35.5. The molecule has 0 amide bonds. The van der Waals surface area contributed by atoms with Crippen molar-refractivity contribution < 1.29 is 18.3 Å². The van der Waals surface area contributed by atoms with Crippen LogP contribution in [0.15, 0.2) is 28.5 Å². The summed E-state index contributed by atoms with van der Waals surface area (Å²) in [5.74, 6) is -1.26. The Bertz CT molecular complexity index is 734. The van der Waals surface area contributed by atoms with E-state index in [4.69, 9.17) is 16.7 Å². The molecular formula is C11H10ClNO4S3. The van der Waals surface area contributed by atoms with Crippen molar-refractivity contribution in [3.8, 4) is 0 Å². The van der Waals surface area contributed by atoms with Gasteiger partial charge in [0.05, 0.1) is 10.4 Å². The number of hydrogen-bond acceptors (Lipinski definition) is 5. The predicted octanol–water partition coefficient (Wildman–Crippen LogP) is 3.20. The van der Waals surface area contributed by atoms with Crippen LogP contribution >= 0.6 is 34.3 Å². The summed E-state index contributed by atoms with van der Waals surface area (Å²) < 4.78 is 27.4. The van der Waals surface area contributed by atoms with E-state index in [-0.39, 0.29) is 9.77 Å². The van der Waals surface area contributed by atoms with E-state index in [1.54, 1.807) is 19.1 Å². The van der Waals surface area contributed by atoms with Crippen LogP contribution in [0.1, 0.15) is 27.5 Å². The highest BCUT2D eigenvalue weighted by molar-refractivity contribution is 7.89. The molecule has 9 heteroatoms. The number of carboxylic acids is 1. The molecule has 2 aromatic heterocycles. The lowest BCUT2D eigenvalue weighted by Gasteiger charge is -2.12. The van der Waals surface area contributed by atoms with Crippen LogP contribution in [0.4, 0.5) is 0 Å². The summed E-state index contributed by atoms with van der Waals surface area (Å²) in [5.41, 5.74) is 0. The molecule has 0 radical (unpaired) electrons. The van der Waals surface area contributed by atoms with Crippen LogP contribution in [0.5, 0.6) is 0 Å². The van der Waals surface area contributed by atoms with Crippen molar-refractivity contribution in [2.45, 2.75) is 17.9 Å². The lowest BCUT2D eigenvalue weighted by molar-refractivity contribution is 0.0698. The quantitative estimate of drug-likeness (QED) is 0.866. The van der Waals surface area contributed by atoms with Gasteiger partial charge in [-0.25, -0.2) is 17.9 Å². The molecule has 2 rings (SSSR count). The minimum absolute atomic E-state index is 0.200. The zero-order chi connectivity index (χ0) is 14.9. The highest BCUT2D eigenvalue weighted by Crippen LogP contribution is 2.29. The number of halogens is 1. The van der Waals surface area contributed by atoms with Crippen molar-refractivity contribution >= 4 is 50.3 Å². The first kappa shape index (κ1) is 15.5. The van der Waals surface area contributed by atoms with Crippen molar-refractivity contribution in [2.75, 3.05) is 0 Å². The van der Waals surface area contributed by atoms with Crippen molar-refractivity contribution in [3.63, 3.8) is 0 Å². The van der Waals surface area contributed by atoms with Crippen LogP contribution < -0.4 is 4.72 Å². The van der Waals surface area contributed by atoms with Gasteiger partial charge in [0.2, 0.25) is 10.0 Å². The van der Waals surface area contributed by atoms with Crippen LogP contribution in [-0.4, -0.2) is 19.5 Å². The van der Waals surface area contributed by atoms with Crippen LogP contribution in [-0.2, 0) is 10.0 Å². The van der Waals surface area contributed by atoms with Gasteiger partial charge in [-0.1, -0.05) is 11.6 Å². The van der Waals surface area contributed by atoms with E-state index in [0.29, 0.717) is 4.34 Å². The third kappa shape index (κ3) is 3.21. The van der Waals surface area contributed by atoms with Gasteiger partial charge in [-0.05, 0) is 30.5 Å². The Hall–Kier alpha value is -0.930. The van der Waals surface area contributed by atoms with Crippen molar-refractivity contribution in [1.29, 1.82) is 0 Å². The molecule has 0 fully saturated rings. The monoisotopic (exact) mass is 351 g/mol. The molecule has 108 valence electrons. The SMILES string of the molecule is CC(NS(=O)(=O)c1ccsc1C(=O)O)c1ccc(Cl)s1. The molecule has 0 saturated carbocycles. The fraction of sp³-hybridized carbons (Fsp3) is 0.182. The van der Waals surface area contributed by atoms with Gasteiger partial charge in [0, 0.05) is 4.88 Å². The van der Waals surface area contributed by atoms with Gasteiger partial charge in [-0.3, -0.25) is 0 Å². The maximum atomic E-state index is 12.2. The minimum Gasteiger partial charge on any atom is -0.477 e. The third-order valence-electron chi connectivity index (χ3n) is 2.47. The van der Waals surface area contributed by atoms with Crippen molar-refractivity contribution in [2.24, 2.45) is 0 Å². The van der Waals surface area contributed by atoms with Crippen LogP contribution in [0, 0.1) is 0 Å². The molecule has 0 aromatic carbocycles. The highest BCUT2D eigenvalue weighted by Gasteiger charge is 2.26. The fourth-order valence-electron chi connectivity index (χ4n) is 1.58. The lowest BCUT2D eigenvalue weighted by Crippen LogP contribution is -2.27. The number of hydrogen-bond donors (Lipinski definition) is 2. The van der Waals surface area contributed by atoms with E-state index in [2.05, 4.69) is 4.72 Å². The summed E-state index contributed by atoms with van der Waals surface area (Å²) in [6, 6.07) is 4.20. The Morgan fingerprint density at radius 2 is 2.10 bits per heavy atom. The molecule has 2 N–H and O–H groups in total. The maximum absolute atomic E-state index is 12.2. The third-order valence-corrected chi connectivity index (χ3v) is 6.49. The Morgan fingerprint density at radius 3 is 2.65 bits per heavy atom. The first-order valence-electron chi connectivity index (χ1n) is 5.39. The first-order valence-corrected chi connectivity index (χ1v) is 8.95. The predicted molar refractivity (Wildman–Crippen MR) is 79.3 cm³/mol. The maximum Gasteiger partial charge on any atom is 0.347 e. The number of carbonyl (C=O) groups is 1. The number of sulfonamides is 1. The molecule has 5 nitrogen and oxygen atoms in total. The molecular weight excluding hydrogens is 342 g/mol. The molecule has 0 aliphatic rings. The number of thiophene rings is 2. The minimum atomic E-state index is -3.89. The molecule has 2 heterocycles. The second-order valence-electron chi connectivity index (χ2n) is 3.90. The van der Waals surface area contributed by atoms with E-state index in [0.717, 1.165) is 16.2 Å². The topological polar surface area (TPSA) is 83.5 Å². The molecule has 0 aliphatic heterocycles. The molecule has 0 spiro atoms. The number of rotatable bonds is 5. The van der Waals surface area contributed by atoms with E-state index in [1.807, 2.05) is 0 Å². The molecule has 20 heavy (non-hydrogen) atoms. The van der Waals surface area contributed by atoms with Gasteiger partial charge in [0.1, 0.15) is 9.77 Å². The summed E-state index contributed by atoms with van der Waals surface area (Å²) >= 11 is 7.95. The molecule has 1 unspecified atom stereocenters. The van der Waals surface area contributed by atoms with E-state index in [1.165, 1.54) is 22.8 Å². The van der Waals surface area contributed by atoms with Crippen LogP contribution in [0.25, 0.3) is 0 Å². The second-order valence-corrected chi connectivity index (χ2v) is 8.25. The zero-order valence-electron chi connectivity index (χ0n) is 10.2. The summed E-state index contributed by atoms with van der Waals surface area (Å²) in [4.78, 5) is 11.3. The van der Waals surface area contributed by atoms with Gasteiger partial charge < -0.3 is 5.11 Å². The van der Waals surface area contributed by atoms with Gasteiger partial charge in [0.25, 0.3) is 0 Å². The summed E-state index contributed by atoms with van der Waals surface area (Å²) in [6.45, 7) is 1.67. The molecule has 2 aromatic rings. The van der Waals surface area contributed by atoms with Gasteiger partial charge in [-0.15, -0.1) is 22.7 Å². The van der Waals surface area contributed by atoms with Crippen molar-refractivity contribution in [3.05, 3.63) is 37.7 Å². The number of aromatic carboxylic acids is 1. The summed E-state index contributed by atoms with van der Waals surface area (Å²) in [6.07, 6.45) is 0. The average Bonchev–Trinajstić information content (AvgIpc) is 2.96. The largest absolute Gasteiger partial charge is 0.477 e. The standard InChI is InChI=1S/C11H10ClNO4S3/c1-6(7-2-3-9(12)19-7)13-20(16,17)8-4-5-18-10(8)11(14)15/h2-6,13H,1H3,(H,14,15). The molecule has 1 atom stereocenters. The molecule has 0 bridgehead atoms. The first-order chi connectivity index (χ1) is 9.31. The molecule has 0 aliphatic carbocycles. The van der Waals surface area contributed by atoms with Crippen molar-refractivity contribution in [1.82, 2.24) is 4.72 Å².